The molecule has 26 heavy (non-hydrogen) atoms. The van der Waals surface area contributed by atoms with Crippen molar-refractivity contribution < 1.29 is 24.0 Å². The summed E-state index contributed by atoms with van der Waals surface area (Å²) in [4.78, 5) is 26.1. The van der Waals surface area contributed by atoms with E-state index in [2.05, 4.69) is 10.5 Å². The summed E-state index contributed by atoms with van der Waals surface area (Å²) in [6.45, 7) is 2.26. The van der Waals surface area contributed by atoms with Gasteiger partial charge in [0.2, 0.25) is 5.91 Å². The predicted molar refractivity (Wildman–Crippen MR) is 92.3 cm³/mol. The summed E-state index contributed by atoms with van der Waals surface area (Å²) in [5, 5.41) is 15.5. The van der Waals surface area contributed by atoms with Crippen molar-refractivity contribution in [1.82, 2.24) is 15.4 Å². The molecule has 0 unspecified atom stereocenters. The third-order valence-corrected chi connectivity index (χ3v) is 4.08. The first-order valence-corrected chi connectivity index (χ1v) is 8.41. The van der Waals surface area contributed by atoms with Crippen LogP contribution in [-0.4, -0.2) is 65.4 Å². The Morgan fingerprint density at radius 2 is 2.08 bits per heavy atom. The third-order valence-electron chi connectivity index (χ3n) is 4.08. The zero-order chi connectivity index (χ0) is 18.5. The first kappa shape index (κ1) is 18.1. The van der Waals surface area contributed by atoms with E-state index >= 15 is 0 Å². The lowest BCUT2D eigenvalue weighted by Gasteiger charge is -2.36. The van der Waals surface area contributed by atoms with Gasteiger partial charge < -0.3 is 24.6 Å². The van der Waals surface area contributed by atoms with Crippen LogP contribution in [0.2, 0.25) is 0 Å². The molecular weight excluding hydrogens is 338 g/mol. The largest absolute Gasteiger partial charge is 0.394 e. The number of hydrogen-bond donors (Lipinski definition) is 2. The van der Waals surface area contributed by atoms with Crippen molar-refractivity contribution in [3.63, 3.8) is 0 Å². The molecule has 8 nitrogen and oxygen atoms in total. The second-order valence-electron chi connectivity index (χ2n) is 6.18. The Morgan fingerprint density at radius 3 is 2.81 bits per heavy atom. The molecule has 0 saturated carbocycles. The van der Waals surface area contributed by atoms with Crippen molar-refractivity contribution in [3.8, 4) is 11.3 Å². The molecule has 3 rings (SSSR count). The summed E-state index contributed by atoms with van der Waals surface area (Å²) in [6, 6.07) is 10.8. The Balaban J connectivity index is 1.55. The normalized spacial score (nSPS) is 20.0. The molecule has 1 aromatic heterocycles. The highest BCUT2D eigenvalue weighted by molar-refractivity contribution is 5.95. The molecule has 1 aliphatic rings. The summed E-state index contributed by atoms with van der Waals surface area (Å²) in [5.74, 6) is -0.238. The lowest BCUT2D eigenvalue weighted by atomic mass is 10.1. The van der Waals surface area contributed by atoms with E-state index in [0.29, 0.717) is 18.8 Å². The van der Waals surface area contributed by atoms with Gasteiger partial charge in [0.25, 0.3) is 5.91 Å². The number of aromatic nitrogens is 1. The molecule has 0 spiro atoms. The number of morpholine rings is 1. The topological polar surface area (TPSA) is 105 Å². The van der Waals surface area contributed by atoms with Crippen LogP contribution in [0.25, 0.3) is 11.3 Å². The number of benzene rings is 1. The van der Waals surface area contributed by atoms with Crippen molar-refractivity contribution in [1.29, 1.82) is 0 Å². The first-order valence-electron chi connectivity index (χ1n) is 8.41. The summed E-state index contributed by atoms with van der Waals surface area (Å²) in [7, 11) is 0. The molecular formula is C18H21N3O5. The standard InChI is InChI=1S/C18H21N3O5/c1-12-9-21(10-14(11-22)25-12)17(23)8-19-18(24)15-7-16(26-20-15)13-5-3-2-4-6-13/h2-7,12,14,22H,8-11H2,1H3,(H,19,24)/t12-,14-/m0/s1. The van der Waals surface area contributed by atoms with Crippen molar-refractivity contribution in [2.75, 3.05) is 26.2 Å². The number of carbonyl (C=O) groups is 2. The second-order valence-corrected chi connectivity index (χ2v) is 6.18. The van der Waals surface area contributed by atoms with Crippen LogP contribution >= 0.6 is 0 Å². The minimum absolute atomic E-state index is 0.111. The van der Waals surface area contributed by atoms with Gasteiger partial charge in [-0.2, -0.15) is 0 Å². The lowest BCUT2D eigenvalue weighted by Crippen LogP contribution is -2.52. The Labute approximate surface area is 150 Å². The molecule has 0 bridgehead atoms. The van der Waals surface area contributed by atoms with Gasteiger partial charge in [-0.1, -0.05) is 35.5 Å². The number of amides is 2. The Bertz CT molecular complexity index is 761. The third kappa shape index (κ3) is 4.27. The maximum atomic E-state index is 12.3. The SMILES string of the molecule is C[C@H]1CN(C(=O)CNC(=O)c2cc(-c3ccccc3)on2)C[C@@H](CO)O1. The Kier molecular flexibility index (Phi) is 5.65. The highest BCUT2D eigenvalue weighted by atomic mass is 16.5. The molecule has 0 aliphatic carbocycles. The van der Waals surface area contributed by atoms with Crippen LogP contribution in [0.3, 0.4) is 0 Å². The molecule has 2 heterocycles. The van der Waals surface area contributed by atoms with Crippen molar-refractivity contribution in [3.05, 3.63) is 42.1 Å². The number of rotatable bonds is 5. The highest BCUT2D eigenvalue weighted by Crippen LogP contribution is 2.19. The molecule has 8 heteroatoms. The van der Waals surface area contributed by atoms with Gasteiger partial charge in [-0.3, -0.25) is 9.59 Å². The van der Waals surface area contributed by atoms with Crippen LogP contribution in [0.4, 0.5) is 0 Å². The van der Waals surface area contributed by atoms with E-state index in [-0.39, 0.29) is 30.9 Å². The number of aliphatic hydroxyl groups excluding tert-OH is 1. The summed E-state index contributed by atoms with van der Waals surface area (Å²) in [5.41, 5.74) is 0.924. The van der Waals surface area contributed by atoms with Gasteiger partial charge in [-0.25, -0.2) is 0 Å². The fraction of sp³-hybridized carbons (Fsp3) is 0.389. The monoisotopic (exact) mass is 359 g/mol. The van der Waals surface area contributed by atoms with Gasteiger partial charge in [0.1, 0.15) is 0 Å². The van der Waals surface area contributed by atoms with Crippen LogP contribution in [0.15, 0.2) is 40.9 Å². The predicted octanol–water partition coefficient (Wildman–Crippen LogP) is 0.680. The van der Waals surface area contributed by atoms with Gasteiger partial charge in [0.05, 0.1) is 25.4 Å². The lowest BCUT2D eigenvalue weighted by molar-refractivity contribution is -0.146. The molecule has 2 aromatic rings. The van der Waals surface area contributed by atoms with Crippen molar-refractivity contribution in [2.45, 2.75) is 19.1 Å². The van der Waals surface area contributed by atoms with Crippen LogP contribution in [0.5, 0.6) is 0 Å². The average Bonchev–Trinajstić information content (AvgIpc) is 3.16. The van der Waals surface area contributed by atoms with Crippen molar-refractivity contribution >= 4 is 11.8 Å². The Hall–Kier alpha value is -2.71. The number of nitrogens with zero attached hydrogens (tertiary/aromatic N) is 2. The molecule has 1 aromatic carbocycles. The molecule has 2 atom stereocenters. The fourth-order valence-electron chi connectivity index (χ4n) is 2.83. The van der Waals surface area contributed by atoms with E-state index in [9.17, 15) is 14.7 Å². The van der Waals surface area contributed by atoms with E-state index in [1.807, 2.05) is 37.3 Å². The highest BCUT2D eigenvalue weighted by Gasteiger charge is 2.28. The Morgan fingerprint density at radius 1 is 1.31 bits per heavy atom. The molecule has 138 valence electrons. The molecule has 1 aliphatic heterocycles. The van der Waals surface area contributed by atoms with E-state index in [4.69, 9.17) is 9.26 Å². The summed E-state index contributed by atoms with van der Waals surface area (Å²) < 4.78 is 10.7. The summed E-state index contributed by atoms with van der Waals surface area (Å²) >= 11 is 0. The number of ether oxygens (including phenoxy) is 1. The number of carbonyl (C=O) groups excluding carboxylic acids is 2. The molecule has 2 N–H and O–H groups in total. The van der Waals surface area contributed by atoms with E-state index in [0.717, 1.165) is 5.56 Å². The number of hydrogen-bond acceptors (Lipinski definition) is 6. The van der Waals surface area contributed by atoms with Crippen LogP contribution in [0, 0.1) is 0 Å². The first-order chi connectivity index (χ1) is 12.6. The van der Waals surface area contributed by atoms with Crippen molar-refractivity contribution in [2.24, 2.45) is 0 Å². The maximum absolute atomic E-state index is 12.3. The number of nitrogens with one attached hydrogen (secondary N) is 1. The quantitative estimate of drug-likeness (QED) is 0.813. The van der Waals surface area contributed by atoms with Gasteiger partial charge in [0.15, 0.2) is 11.5 Å². The average molecular weight is 359 g/mol. The van der Waals surface area contributed by atoms with Crippen LogP contribution < -0.4 is 5.32 Å². The van der Waals surface area contributed by atoms with Gasteiger partial charge in [-0.05, 0) is 6.92 Å². The van der Waals surface area contributed by atoms with E-state index < -0.39 is 12.0 Å². The number of aliphatic hydroxyl groups is 1. The fourth-order valence-corrected chi connectivity index (χ4v) is 2.83. The van der Waals surface area contributed by atoms with Crippen LogP contribution in [-0.2, 0) is 9.53 Å². The van der Waals surface area contributed by atoms with Crippen LogP contribution in [0.1, 0.15) is 17.4 Å². The van der Waals surface area contributed by atoms with E-state index in [1.165, 1.54) is 6.07 Å². The second kappa shape index (κ2) is 8.11. The molecule has 0 radical (unpaired) electrons. The zero-order valence-electron chi connectivity index (χ0n) is 14.4. The van der Waals surface area contributed by atoms with Gasteiger partial charge in [0, 0.05) is 24.7 Å². The van der Waals surface area contributed by atoms with Gasteiger partial charge >= 0.3 is 0 Å². The smallest absolute Gasteiger partial charge is 0.273 e. The van der Waals surface area contributed by atoms with E-state index in [1.54, 1.807) is 4.90 Å². The minimum Gasteiger partial charge on any atom is -0.394 e. The summed E-state index contributed by atoms with van der Waals surface area (Å²) in [6.07, 6.45) is -0.563. The molecule has 1 saturated heterocycles. The zero-order valence-corrected chi connectivity index (χ0v) is 14.4. The van der Waals surface area contributed by atoms with Gasteiger partial charge in [-0.15, -0.1) is 0 Å². The molecule has 2 amide bonds. The minimum atomic E-state index is -0.482. The molecule has 1 fully saturated rings. The maximum Gasteiger partial charge on any atom is 0.273 e.